The quantitative estimate of drug-likeness (QED) is 0.481. The first kappa shape index (κ1) is 22.3. The third kappa shape index (κ3) is 5.82. The van der Waals surface area contributed by atoms with Gasteiger partial charge in [-0.2, -0.15) is 0 Å². The Morgan fingerprint density at radius 2 is 1.81 bits per heavy atom. The van der Waals surface area contributed by atoms with Crippen LogP contribution in [0.4, 0.5) is 26.1 Å². The van der Waals surface area contributed by atoms with Crippen molar-refractivity contribution in [3.63, 3.8) is 0 Å². The SMILES string of the molecule is CCCS(=O)(=O)Nc1ccc(F)c(C(=O)Cc2ccc(Nc3ccccn3)nc2)c1F. The Hall–Kier alpha value is -3.40. The Kier molecular flexibility index (Phi) is 6.91. The maximum Gasteiger partial charge on any atom is 0.232 e. The molecular formula is C21H20F2N4O3S. The summed E-state index contributed by atoms with van der Waals surface area (Å²) in [7, 11) is -3.80. The maximum atomic E-state index is 14.7. The van der Waals surface area contributed by atoms with Crippen LogP contribution in [0.2, 0.25) is 0 Å². The fourth-order valence-electron chi connectivity index (χ4n) is 2.82. The standard InChI is InChI=1S/C21H20F2N4O3S/c1-2-11-31(29,30)27-16-8-7-15(22)20(21(16)23)17(28)12-14-6-9-19(25-13-14)26-18-5-3-4-10-24-18/h3-10,13,27H,2,11-12H2,1H3,(H,24,25,26). The van der Waals surface area contributed by atoms with Gasteiger partial charge < -0.3 is 5.32 Å². The van der Waals surface area contributed by atoms with Crippen molar-refractivity contribution in [2.45, 2.75) is 19.8 Å². The lowest BCUT2D eigenvalue weighted by Crippen LogP contribution is -2.19. The van der Waals surface area contributed by atoms with Gasteiger partial charge in [-0.05, 0) is 42.3 Å². The topological polar surface area (TPSA) is 101 Å². The first-order valence-electron chi connectivity index (χ1n) is 9.43. The van der Waals surface area contributed by atoms with Gasteiger partial charge in [0.1, 0.15) is 17.5 Å². The first-order chi connectivity index (χ1) is 14.8. The van der Waals surface area contributed by atoms with E-state index in [1.807, 2.05) is 6.07 Å². The van der Waals surface area contributed by atoms with Crippen molar-refractivity contribution in [1.29, 1.82) is 0 Å². The number of benzene rings is 1. The minimum atomic E-state index is -3.80. The molecule has 2 aromatic heterocycles. The Morgan fingerprint density at radius 3 is 2.45 bits per heavy atom. The number of rotatable bonds is 9. The molecule has 0 amide bonds. The molecule has 0 saturated carbocycles. The zero-order chi connectivity index (χ0) is 22.4. The summed E-state index contributed by atoms with van der Waals surface area (Å²) in [5, 5.41) is 2.98. The molecule has 162 valence electrons. The average molecular weight is 446 g/mol. The summed E-state index contributed by atoms with van der Waals surface area (Å²) < 4.78 is 54.8. The number of Topliss-reactive ketones (excluding diaryl/α,β-unsaturated/α-hetero) is 1. The van der Waals surface area contributed by atoms with Gasteiger partial charge in [0.2, 0.25) is 10.0 Å². The first-order valence-corrected chi connectivity index (χ1v) is 11.1. The van der Waals surface area contributed by atoms with Crippen molar-refractivity contribution in [3.05, 3.63) is 77.6 Å². The Morgan fingerprint density at radius 1 is 1.03 bits per heavy atom. The highest BCUT2D eigenvalue weighted by atomic mass is 32.2. The van der Waals surface area contributed by atoms with Crippen LogP contribution in [0.3, 0.4) is 0 Å². The summed E-state index contributed by atoms with van der Waals surface area (Å²) in [5.41, 5.74) is -0.828. The van der Waals surface area contributed by atoms with Crippen LogP contribution in [-0.4, -0.2) is 29.9 Å². The molecule has 0 radical (unpaired) electrons. The number of pyridine rings is 2. The van der Waals surface area contributed by atoms with Crippen molar-refractivity contribution in [1.82, 2.24) is 9.97 Å². The molecule has 0 atom stereocenters. The normalized spacial score (nSPS) is 11.2. The van der Waals surface area contributed by atoms with Crippen molar-refractivity contribution in [2.24, 2.45) is 0 Å². The zero-order valence-corrected chi connectivity index (χ0v) is 17.4. The van der Waals surface area contributed by atoms with Crippen molar-refractivity contribution in [3.8, 4) is 0 Å². The number of carbonyl (C=O) groups is 1. The van der Waals surface area contributed by atoms with E-state index in [2.05, 4.69) is 20.0 Å². The highest BCUT2D eigenvalue weighted by molar-refractivity contribution is 7.92. The highest BCUT2D eigenvalue weighted by Gasteiger charge is 2.23. The van der Waals surface area contributed by atoms with E-state index in [1.54, 1.807) is 37.4 Å². The predicted molar refractivity (Wildman–Crippen MR) is 114 cm³/mol. The zero-order valence-electron chi connectivity index (χ0n) is 16.6. The number of aromatic nitrogens is 2. The summed E-state index contributed by atoms with van der Waals surface area (Å²) in [6.45, 7) is 1.65. The minimum Gasteiger partial charge on any atom is -0.325 e. The third-order valence-electron chi connectivity index (χ3n) is 4.22. The summed E-state index contributed by atoms with van der Waals surface area (Å²) >= 11 is 0. The molecule has 3 rings (SSSR count). The van der Waals surface area contributed by atoms with Gasteiger partial charge in [0, 0.05) is 18.8 Å². The van der Waals surface area contributed by atoms with E-state index >= 15 is 0 Å². The van der Waals surface area contributed by atoms with Crippen LogP contribution < -0.4 is 10.0 Å². The van der Waals surface area contributed by atoms with Crippen LogP contribution in [-0.2, 0) is 16.4 Å². The van der Waals surface area contributed by atoms with E-state index in [9.17, 15) is 22.0 Å². The molecule has 3 aromatic rings. The number of halogens is 2. The second kappa shape index (κ2) is 9.61. The molecule has 0 spiro atoms. The fraction of sp³-hybridized carbons (Fsp3) is 0.190. The van der Waals surface area contributed by atoms with Crippen molar-refractivity contribution >= 4 is 33.1 Å². The molecule has 31 heavy (non-hydrogen) atoms. The lowest BCUT2D eigenvalue weighted by atomic mass is 10.0. The number of carbonyl (C=O) groups excluding carboxylic acids is 1. The molecule has 0 aliphatic rings. The van der Waals surface area contributed by atoms with Crippen LogP contribution in [0.15, 0.2) is 54.9 Å². The average Bonchev–Trinajstić information content (AvgIpc) is 2.72. The summed E-state index contributed by atoms with van der Waals surface area (Å²) in [4.78, 5) is 20.8. The number of hydrogen-bond donors (Lipinski definition) is 2. The van der Waals surface area contributed by atoms with Gasteiger partial charge in [0.05, 0.1) is 17.0 Å². The number of sulfonamides is 1. The fourth-order valence-corrected chi connectivity index (χ4v) is 3.95. The number of nitrogens with zero attached hydrogens (tertiary/aromatic N) is 2. The van der Waals surface area contributed by atoms with Crippen molar-refractivity contribution in [2.75, 3.05) is 15.8 Å². The van der Waals surface area contributed by atoms with Crippen LogP contribution >= 0.6 is 0 Å². The second-order valence-electron chi connectivity index (χ2n) is 6.70. The van der Waals surface area contributed by atoms with Crippen LogP contribution in [0, 0.1) is 11.6 Å². The van der Waals surface area contributed by atoms with Crippen molar-refractivity contribution < 1.29 is 22.0 Å². The molecule has 10 heteroatoms. The van der Waals surface area contributed by atoms with Crippen LogP contribution in [0.25, 0.3) is 0 Å². The Bertz CT molecular complexity index is 1170. The van der Waals surface area contributed by atoms with Gasteiger partial charge in [-0.15, -0.1) is 0 Å². The molecule has 0 unspecified atom stereocenters. The third-order valence-corrected chi connectivity index (χ3v) is 5.70. The van der Waals surface area contributed by atoms with Gasteiger partial charge in [-0.3, -0.25) is 9.52 Å². The number of hydrogen-bond acceptors (Lipinski definition) is 6. The lowest BCUT2D eigenvalue weighted by Gasteiger charge is -2.11. The summed E-state index contributed by atoms with van der Waals surface area (Å²) in [6.07, 6.45) is 3.04. The predicted octanol–water partition coefficient (Wildman–Crippen LogP) is 4.08. The maximum absolute atomic E-state index is 14.7. The highest BCUT2D eigenvalue weighted by Crippen LogP contribution is 2.24. The van der Waals surface area contributed by atoms with E-state index in [4.69, 9.17) is 0 Å². The van der Waals surface area contributed by atoms with E-state index in [1.165, 1.54) is 6.20 Å². The lowest BCUT2D eigenvalue weighted by molar-refractivity contribution is 0.0985. The Balaban J connectivity index is 1.76. The molecule has 0 bridgehead atoms. The number of anilines is 3. The van der Waals surface area contributed by atoms with Gasteiger partial charge in [-0.1, -0.05) is 19.1 Å². The molecule has 1 aromatic carbocycles. The molecule has 0 aliphatic heterocycles. The number of nitrogens with one attached hydrogen (secondary N) is 2. The van der Waals surface area contributed by atoms with Gasteiger partial charge in [0.25, 0.3) is 0 Å². The Labute approximate surface area is 178 Å². The molecule has 7 nitrogen and oxygen atoms in total. The van der Waals surface area contributed by atoms with E-state index in [0.717, 1.165) is 12.1 Å². The largest absolute Gasteiger partial charge is 0.325 e. The van der Waals surface area contributed by atoms with Gasteiger partial charge in [0.15, 0.2) is 11.6 Å². The minimum absolute atomic E-state index is 0.225. The summed E-state index contributed by atoms with van der Waals surface area (Å²) in [6, 6.07) is 10.4. The van der Waals surface area contributed by atoms with Crippen LogP contribution in [0.5, 0.6) is 0 Å². The second-order valence-corrected chi connectivity index (χ2v) is 8.54. The molecule has 2 heterocycles. The molecule has 0 aliphatic carbocycles. The van der Waals surface area contributed by atoms with Crippen LogP contribution in [0.1, 0.15) is 29.3 Å². The summed E-state index contributed by atoms with van der Waals surface area (Å²) in [5.74, 6) is -2.30. The molecule has 0 saturated heterocycles. The molecular weight excluding hydrogens is 426 g/mol. The molecule has 0 fully saturated rings. The number of ketones is 1. The van der Waals surface area contributed by atoms with Gasteiger partial charge >= 0.3 is 0 Å². The smallest absolute Gasteiger partial charge is 0.232 e. The van der Waals surface area contributed by atoms with E-state index < -0.39 is 38.7 Å². The molecule has 2 N–H and O–H groups in total. The van der Waals surface area contributed by atoms with E-state index in [-0.39, 0.29) is 12.2 Å². The monoisotopic (exact) mass is 446 g/mol. The van der Waals surface area contributed by atoms with Gasteiger partial charge in [-0.25, -0.2) is 27.2 Å². The van der Waals surface area contributed by atoms with E-state index in [0.29, 0.717) is 23.6 Å².